The van der Waals surface area contributed by atoms with Crippen molar-refractivity contribution in [3.8, 4) is 11.8 Å². The third kappa shape index (κ3) is 2.87. The molecule has 1 heterocycles. The number of methoxy groups -OCH3 is 1. The molecule has 0 spiro atoms. The SMILES string of the molecule is CO/C=C(\C#N)Oc1cc2c(C)cn(C)c2cc1C(C)C. The van der Waals surface area contributed by atoms with Crippen molar-refractivity contribution < 1.29 is 9.47 Å². The maximum Gasteiger partial charge on any atom is 0.238 e. The first kappa shape index (κ1) is 15.0. The molecule has 0 radical (unpaired) electrons. The lowest BCUT2D eigenvalue weighted by atomic mass is 10.00. The van der Waals surface area contributed by atoms with Gasteiger partial charge in [-0.3, -0.25) is 0 Å². The van der Waals surface area contributed by atoms with Gasteiger partial charge in [-0.2, -0.15) is 5.26 Å². The van der Waals surface area contributed by atoms with Crippen LogP contribution in [0.15, 0.2) is 30.4 Å². The Morgan fingerprint density at radius 1 is 1.38 bits per heavy atom. The second kappa shape index (κ2) is 5.92. The molecule has 0 fully saturated rings. The molecule has 0 unspecified atom stereocenters. The number of allylic oxidation sites excluding steroid dienone is 1. The second-order valence-corrected chi connectivity index (χ2v) is 5.42. The van der Waals surface area contributed by atoms with Crippen LogP contribution in [0.3, 0.4) is 0 Å². The fourth-order valence-electron chi connectivity index (χ4n) is 2.46. The first-order chi connectivity index (χ1) is 9.97. The van der Waals surface area contributed by atoms with Crippen LogP contribution in [-0.4, -0.2) is 11.7 Å². The molecule has 21 heavy (non-hydrogen) atoms. The van der Waals surface area contributed by atoms with E-state index >= 15 is 0 Å². The molecule has 0 bridgehead atoms. The monoisotopic (exact) mass is 284 g/mol. The molecule has 110 valence electrons. The van der Waals surface area contributed by atoms with Gasteiger partial charge >= 0.3 is 0 Å². The largest absolute Gasteiger partial charge is 0.500 e. The summed E-state index contributed by atoms with van der Waals surface area (Å²) in [6.07, 6.45) is 3.40. The summed E-state index contributed by atoms with van der Waals surface area (Å²) in [5.74, 6) is 1.14. The Morgan fingerprint density at radius 2 is 2.10 bits per heavy atom. The van der Waals surface area contributed by atoms with E-state index in [4.69, 9.17) is 14.7 Å². The lowest BCUT2D eigenvalue weighted by Crippen LogP contribution is -2.00. The standard InChI is InChI=1S/C17H20N2O2/c1-11(2)14-6-16-15(12(3)9-19(16)4)7-17(14)21-13(8-18)10-20-5/h6-7,9-11H,1-5H3/b13-10+. The molecule has 0 saturated carbocycles. The third-order valence-corrected chi connectivity index (χ3v) is 3.50. The Balaban J connectivity index is 2.61. The minimum atomic E-state index is 0.146. The van der Waals surface area contributed by atoms with Gasteiger partial charge in [-0.15, -0.1) is 0 Å². The van der Waals surface area contributed by atoms with Crippen molar-refractivity contribution in [1.82, 2.24) is 4.57 Å². The number of fused-ring (bicyclic) bond motifs is 1. The highest BCUT2D eigenvalue weighted by Gasteiger charge is 2.15. The van der Waals surface area contributed by atoms with E-state index in [-0.39, 0.29) is 5.76 Å². The van der Waals surface area contributed by atoms with Crippen molar-refractivity contribution in [3.05, 3.63) is 41.5 Å². The van der Waals surface area contributed by atoms with Crippen LogP contribution in [0.2, 0.25) is 0 Å². The molecule has 2 rings (SSSR count). The quantitative estimate of drug-likeness (QED) is 0.629. The number of nitriles is 1. The van der Waals surface area contributed by atoms with E-state index in [1.165, 1.54) is 18.9 Å². The van der Waals surface area contributed by atoms with Crippen LogP contribution in [0.5, 0.6) is 5.75 Å². The van der Waals surface area contributed by atoms with Crippen molar-refractivity contribution in [2.45, 2.75) is 26.7 Å². The molecule has 4 heteroatoms. The van der Waals surface area contributed by atoms with Crippen LogP contribution >= 0.6 is 0 Å². The first-order valence-corrected chi connectivity index (χ1v) is 6.88. The molecule has 0 aliphatic carbocycles. The molecule has 4 nitrogen and oxygen atoms in total. The zero-order valence-electron chi connectivity index (χ0n) is 13.1. The summed E-state index contributed by atoms with van der Waals surface area (Å²) in [6.45, 7) is 6.28. The zero-order chi connectivity index (χ0) is 15.6. The van der Waals surface area contributed by atoms with E-state index in [9.17, 15) is 0 Å². The molecule has 0 N–H and O–H groups in total. The zero-order valence-corrected chi connectivity index (χ0v) is 13.1. The lowest BCUT2D eigenvalue weighted by Gasteiger charge is -2.14. The van der Waals surface area contributed by atoms with Gasteiger partial charge in [0.15, 0.2) is 0 Å². The number of ether oxygens (including phenoxy) is 2. The van der Waals surface area contributed by atoms with E-state index in [1.54, 1.807) is 0 Å². The molecule has 0 aliphatic heterocycles. The summed E-state index contributed by atoms with van der Waals surface area (Å²) in [5, 5.41) is 10.2. The summed E-state index contributed by atoms with van der Waals surface area (Å²) in [7, 11) is 3.53. The number of hydrogen-bond donors (Lipinski definition) is 0. The number of benzene rings is 1. The van der Waals surface area contributed by atoms with Crippen LogP contribution in [0.25, 0.3) is 10.9 Å². The van der Waals surface area contributed by atoms with Crippen LogP contribution < -0.4 is 4.74 Å². The Kier molecular flexibility index (Phi) is 4.23. The summed E-state index contributed by atoms with van der Waals surface area (Å²) in [5.41, 5.74) is 3.42. The average Bonchev–Trinajstić information content (AvgIpc) is 2.72. The van der Waals surface area contributed by atoms with Gasteiger partial charge in [0.25, 0.3) is 0 Å². The van der Waals surface area contributed by atoms with Crippen LogP contribution in [-0.2, 0) is 11.8 Å². The highest BCUT2D eigenvalue weighted by molar-refractivity contribution is 5.86. The van der Waals surface area contributed by atoms with Crippen LogP contribution in [0.1, 0.15) is 30.9 Å². The summed E-state index contributed by atoms with van der Waals surface area (Å²) >= 11 is 0. The van der Waals surface area contributed by atoms with Crippen molar-refractivity contribution in [1.29, 1.82) is 5.26 Å². The first-order valence-electron chi connectivity index (χ1n) is 6.88. The minimum Gasteiger partial charge on any atom is -0.500 e. The topological polar surface area (TPSA) is 47.2 Å². The highest BCUT2D eigenvalue weighted by Crippen LogP contribution is 2.34. The van der Waals surface area contributed by atoms with Crippen molar-refractivity contribution in [2.24, 2.45) is 7.05 Å². The number of aryl methyl sites for hydroxylation is 2. The van der Waals surface area contributed by atoms with E-state index in [2.05, 4.69) is 37.6 Å². The maximum absolute atomic E-state index is 9.09. The average molecular weight is 284 g/mol. The van der Waals surface area contributed by atoms with Crippen molar-refractivity contribution in [3.63, 3.8) is 0 Å². The van der Waals surface area contributed by atoms with E-state index in [0.29, 0.717) is 11.7 Å². The molecule has 1 aromatic carbocycles. The predicted octanol–water partition coefficient (Wildman–Crippen LogP) is 4.00. The molecule has 0 saturated heterocycles. The summed E-state index contributed by atoms with van der Waals surface area (Å²) in [4.78, 5) is 0. The van der Waals surface area contributed by atoms with E-state index < -0.39 is 0 Å². The molecular formula is C17H20N2O2. The maximum atomic E-state index is 9.09. The molecular weight excluding hydrogens is 264 g/mol. The Hall–Kier alpha value is -2.41. The lowest BCUT2D eigenvalue weighted by molar-refractivity contribution is 0.310. The minimum absolute atomic E-state index is 0.146. The van der Waals surface area contributed by atoms with Gasteiger partial charge in [0.2, 0.25) is 5.76 Å². The number of hydrogen-bond acceptors (Lipinski definition) is 3. The molecule has 2 aromatic rings. The summed E-state index contributed by atoms with van der Waals surface area (Å²) < 4.78 is 12.7. The fraction of sp³-hybridized carbons (Fsp3) is 0.353. The second-order valence-electron chi connectivity index (χ2n) is 5.42. The Bertz CT molecular complexity index is 733. The number of nitrogens with zero attached hydrogens (tertiary/aromatic N) is 2. The fourth-order valence-corrected chi connectivity index (χ4v) is 2.46. The van der Waals surface area contributed by atoms with E-state index in [1.807, 2.05) is 19.2 Å². The number of aromatic nitrogens is 1. The van der Waals surface area contributed by atoms with E-state index in [0.717, 1.165) is 16.5 Å². The molecule has 0 aliphatic rings. The molecule has 1 aromatic heterocycles. The third-order valence-electron chi connectivity index (χ3n) is 3.50. The van der Waals surface area contributed by atoms with Crippen molar-refractivity contribution in [2.75, 3.05) is 7.11 Å². The van der Waals surface area contributed by atoms with Gasteiger partial charge in [-0.1, -0.05) is 13.8 Å². The van der Waals surface area contributed by atoms with Crippen LogP contribution in [0, 0.1) is 18.3 Å². The van der Waals surface area contributed by atoms with Gasteiger partial charge < -0.3 is 14.0 Å². The normalized spacial score (nSPS) is 11.8. The summed E-state index contributed by atoms with van der Waals surface area (Å²) in [6, 6.07) is 6.12. The Labute approximate surface area is 125 Å². The van der Waals surface area contributed by atoms with Gasteiger partial charge in [0.1, 0.15) is 18.1 Å². The van der Waals surface area contributed by atoms with Gasteiger partial charge in [-0.25, -0.2) is 0 Å². The van der Waals surface area contributed by atoms with Gasteiger partial charge in [0, 0.05) is 24.1 Å². The van der Waals surface area contributed by atoms with Crippen molar-refractivity contribution >= 4 is 10.9 Å². The Morgan fingerprint density at radius 3 is 2.67 bits per heavy atom. The van der Waals surface area contributed by atoms with Gasteiger partial charge in [0.05, 0.1) is 7.11 Å². The predicted molar refractivity (Wildman–Crippen MR) is 83.1 cm³/mol. The molecule has 0 amide bonds. The number of rotatable bonds is 4. The molecule has 0 atom stereocenters. The smallest absolute Gasteiger partial charge is 0.238 e. The van der Waals surface area contributed by atoms with Gasteiger partial charge in [-0.05, 0) is 36.1 Å². The highest BCUT2D eigenvalue weighted by atomic mass is 16.5. The van der Waals surface area contributed by atoms with Crippen LogP contribution in [0.4, 0.5) is 0 Å².